The van der Waals surface area contributed by atoms with Crippen LogP contribution < -0.4 is 16.0 Å². The summed E-state index contributed by atoms with van der Waals surface area (Å²) in [6.45, 7) is 5.19. The monoisotopic (exact) mass is 436 g/mol. The van der Waals surface area contributed by atoms with E-state index in [0.717, 1.165) is 43.5 Å². The van der Waals surface area contributed by atoms with Crippen LogP contribution in [0.3, 0.4) is 0 Å². The van der Waals surface area contributed by atoms with Gasteiger partial charge in [0.1, 0.15) is 0 Å². The normalized spacial score (nSPS) is 14.4. The smallest absolute Gasteiger partial charge is 0.256 e. The number of benzene rings is 3. The number of anilines is 1. The number of nitrogens with one attached hydrogen (secondary N) is 3. The molecule has 31 heavy (non-hydrogen) atoms. The lowest BCUT2D eigenvalue weighted by Gasteiger charge is -2.27. The van der Waals surface area contributed by atoms with Crippen molar-refractivity contribution in [2.45, 2.75) is 0 Å². The molecule has 160 valence electrons. The van der Waals surface area contributed by atoms with Gasteiger partial charge in [-0.1, -0.05) is 48.0 Å². The Morgan fingerprint density at radius 3 is 2.55 bits per heavy atom. The van der Waals surface area contributed by atoms with Crippen molar-refractivity contribution in [3.63, 3.8) is 0 Å². The Kier molecular flexibility index (Phi) is 6.82. The average molecular weight is 437 g/mol. The maximum absolute atomic E-state index is 13.0. The Labute approximate surface area is 186 Å². The summed E-state index contributed by atoms with van der Waals surface area (Å²) in [4.78, 5) is 28.2. The molecule has 2 amide bonds. The van der Waals surface area contributed by atoms with Crippen molar-refractivity contribution < 1.29 is 9.59 Å². The van der Waals surface area contributed by atoms with Crippen LogP contribution in [0.1, 0.15) is 20.7 Å². The Bertz CT molecular complexity index is 1090. The van der Waals surface area contributed by atoms with Gasteiger partial charge in [-0.3, -0.25) is 14.5 Å². The largest absolute Gasteiger partial charge is 0.351 e. The number of halogens is 1. The Hall–Kier alpha value is -2.93. The van der Waals surface area contributed by atoms with Crippen molar-refractivity contribution in [3.05, 3.63) is 76.8 Å². The highest BCUT2D eigenvalue weighted by Gasteiger charge is 2.17. The van der Waals surface area contributed by atoms with E-state index < -0.39 is 0 Å². The van der Waals surface area contributed by atoms with Gasteiger partial charge in [0, 0.05) is 49.9 Å². The van der Waals surface area contributed by atoms with Gasteiger partial charge in [-0.05, 0) is 35.0 Å². The minimum atomic E-state index is -0.269. The Balaban J connectivity index is 1.48. The SMILES string of the molecule is O=C(NCCN1CCNCC1)c1cc(Cl)ccc1NC(=O)c1cccc2ccccc12. The van der Waals surface area contributed by atoms with Gasteiger partial charge in [-0.2, -0.15) is 0 Å². The minimum Gasteiger partial charge on any atom is -0.351 e. The zero-order valence-corrected chi connectivity index (χ0v) is 17.9. The number of hydrogen-bond acceptors (Lipinski definition) is 4. The molecule has 1 aliphatic rings. The molecule has 0 saturated carbocycles. The fraction of sp³-hybridized carbons (Fsp3) is 0.250. The van der Waals surface area contributed by atoms with E-state index in [1.54, 1.807) is 24.3 Å². The topological polar surface area (TPSA) is 73.5 Å². The summed E-state index contributed by atoms with van der Waals surface area (Å²) < 4.78 is 0. The summed E-state index contributed by atoms with van der Waals surface area (Å²) in [6, 6.07) is 18.2. The Morgan fingerprint density at radius 2 is 1.71 bits per heavy atom. The number of nitrogens with zero attached hydrogens (tertiary/aromatic N) is 1. The first-order valence-electron chi connectivity index (χ1n) is 10.4. The maximum Gasteiger partial charge on any atom is 0.256 e. The highest BCUT2D eigenvalue weighted by Crippen LogP contribution is 2.24. The lowest BCUT2D eigenvalue weighted by Crippen LogP contribution is -2.46. The molecule has 6 nitrogen and oxygen atoms in total. The molecule has 0 unspecified atom stereocenters. The molecule has 3 N–H and O–H groups in total. The summed E-state index contributed by atoms with van der Waals surface area (Å²) >= 11 is 6.14. The summed E-state index contributed by atoms with van der Waals surface area (Å²) in [6.07, 6.45) is 0. The number of amides is 2. The first kappa shape index (κ1) is 21.3. The molecule has 0 aromatic heterocycles. The van der Waals surface area contributed by atoms with Crippen molar-refractivity contribution in [2.75, 3.05) is 44.6 Å². The van der Waals surface area contributed by atoms with Crippen LogP contribution in [0.2, 0.25) is 5.02 Å². The quantitative estimate of drug-likeness (QED) is 0.554. The molecule has 0 aliphatic carbocycles. The molecule has 7 heteroatoms. The van der Waals surface area contributed by atoms with Crippen molar-refractivity contribution in [1.29, 1.82) is 0 Å². The summed E-state index contributed by atoms with van der Waals surface area (Å²) in [5, 5.41) is 11.4. The second-order valence-electron chi connectivity index (χ2n) is 7.52. The van der Waals surface area contributed by atoms with Crippen LogP contribution in [-0.4, -0.2) is 56.0 Å². The van der Waals surface area contributed by atoms with Gasteiger partial charge in [0.2, 0.25) is 0 Å². The van der Waals surface area contributed by atoms with Crippen molar-refractivity contribution >= 4 is 39.9 Å². The first-order chi connectivity index (χ1) is 15.1. The lowest BCUT2D eigenvalue weighted by atomic mass is 10.0. The molecule has 1 aliphatic heterocycles. The minimum absolute atomic E-state index is 0.258. The molecule has 1 heterocycles. The highest BCUT2D eigenvalue weighted by atomic mass is 35.5. The van der Waals surface area contributed by atoms with Gasteiger partial charge in [0.25, 0.3) is 11.8 Å². The number of hydrogen-bond donors (Lipinski definition) is 3. The van der Waals surface area contributed by atoms with Crippen LogP contribution in [0.15, 0.2) is 60.7 Å². The van der Waals surface area contributed by atoms with Crippen molar-refractivity contribution in [1.82, 2.24) is 15.5 Å². The standard InChI is InChI=1S/C24H25ClN4O2/c25-18-8-9-22(21(16-18)23(30)27-12-15-29-13-10-26-11-14-29)28-24(31)20-7-3-5-17-4-1-2-6-19(17)20/h1-9,16,26H,10-15H2,(H,27,30)(H,28,31). The average Bonchev–Trinajstić information content (AvgIpc) is 2.80. The van der Waals surface area contributed by atoms with Crippen LogP contribution in [0, 0.1) is 0 Å². The molecule has 0 radical (unpaired) electrons. The van der Waals surface area contributed by atoms with E-state index >= 15 is 0 Å². The number of rotatable bonds is 6. The van der Waals surface area contributed by atoms with Crippen LogP contribution in [0.5, 0.6) is 0 Å². The van der Waals surface area contributed by atoms with Gasteiger partial charge >= 0.3 is 0 Å². The third-order valence-electron chi connectivity index (χ3n) is 5.43. The van der Waals surface area contributed by atoms with Crippen molar-refractivity contribution in [3.8, 4) is 0 Å². The van der Waals surface area contributed by atoms with E-state index in [1.165, 1.54) is 0 Å². The molecule has 0 atom stereocenters. The summed E-state index contributed by atoms with van der Waals surface area (Å²) in [5.74, 6) is -0.528. The zero-order chi connectivity index (χ0) is 21.6. The van der Waals surface area contributed by atoms with Crippen LogP contribution >= 0.6 is 11.6 Å². The van der Waals surface area contributed by atoms with E-state index in [4.69, 9.17) is 11.6 Å². The second-order valence-corrected chi connectivity index (χ2v) is 7.95. The molecule has 4 rings (SSSR count). The second kappa shape index (κ2) is 9.92. The zero-order valence-electron chi connectivity index (χ0n) is 17.2. The lowest BCUT2D eigenvalue weighted by molar-refractivity contribution is 0.0948. The predicted octanol–water partition coefficient (Wildman–Crippen LogP) is 3.38. The number of carbonyl (C=O) groups excluding carboxylic acids is 2. The predicted molar refractivity (Wildman–Crippen MR) is 125 cm³/mol. The number of carbonyl (C=O) groups is 2. The van der Waals surface area contributed by atoms with Crippen LogP contribution in [0.25, 0.3) is 10.8 Å². The van der Waals surface area contributed by atoms with Crippen LogP contribution in [-0.2, 0) is 0 Å². The van der Waals surface area contributed by atoms with E-state index in [9.17, 15) is 9.59 Å². The fourth-order valence-electron chi connectivity index (χ4n) is 3.78. The van der Waals surface area contributed by atoms with Gasteiger partial charge in [-0.25, -0.2) is 0 Å². The third kappa shape index (κ3) is 5.22. The molecular weight excluding hydrogens is 412 g/mol. The molecule has 0 spiro atoms. The van der Waals surface area contributed by atoms with Crippen LogP contribution in [0.4, 0.5) is 5.69 Å². The molecule has 0 bridgehead atoms. The maximum atomic E-state index is 13.0. The number of fused-ring (bicyclic) bond motifs is 1. The van der Waals surface area contributed by atoms with Gasteiger partial charge in [0.05, 0.1) is 11.3 Å². The van der Waals surface area contributed by atoms with Gasteiger partial charge < -0.3 is 16.0 Å². The van der Waals surface area contributed by atoms with Gasteiger partial charge in [0.15, 0.2) is 0 Å². The molecule has 3 aromatic carbocycles. The number of piperazine rings is 1. The molecule has 1 saturated heterocycles. The first-order valence-corrected chi connectivity index (χ1v) is 10.8. The summed E-state index contributed by atoms with van der Waals surface area (Å²) in [5.41, 5.74) is 1.33. The van der Waals surface area contributed by atoms with E-state index in [-0.39, 0.29) is 11.8 Å². The van der Waals surface area contributed by atoms with Gasteiger partial charge in [-0.15, -0.1) is 0 Å². The summed E-state index contributed by atoms with van der Waals surface area (Å²) in [7, 11) is 0. The molecule has 1 fully saturated rings. The third-order valence-corrected chi connectivity index (χ3v) is 5.67. The van der Waals surface area contributed by atoms with E-state index in [0.29, 0.717) is 28.4 Å². The van der Waals surface area contributed by atoms with E-state index in [2.05, 4.69) is 20.9 Å². The molecule has 3 aromatic rings. The highest BCUT2D eigenvalue weighted by molar-refractivity contribution is 6.31. The fourth-order valence-corrected chi connectivity index (χ4v) is 3.96. The Morgan fingerprint density at radius 1 is 0.935 bits per heavy atom. The van der Waals surface area contributed by atoms with Crippen molar-refractivity contribution in [2.24, 2.45) is 0 Å². The molecular formula is C24H25ClN4O2. The van der Waals surface area contributed by atoms with E-state index in [1.807, 2.05) is 36.4 Å².